The molecule has 1 aromatic carbocycles. The van der Waals surface area contributed by atoms with E-state index in [4.69, 9.17) is 11.6 Å². The topological polar surface area (TPSA) is 75.5 Å². The number of hydrogen-bond donors (Lipinski definition) is 1. The van der Waals surface area contributed by atoms with Gasteiger partial charge in [-0.1, -0.05) is 11.6 Å². The highest BCUT2D eigenvalue weighted by molar-refractivity contribution is 6.34. The van der Waals surface area contributed by atoms with Crippen molar-refractivity contribution in [3.05, 3.63) is 38.9 Å². The SMILES string of the molecule is O=C(NC1C2CC3CC1CN(C3)C2)c1ccc([N+](=O)[O-])cc1Cl. The Morgan fingerprint density at radius 2 is 1.96 bits per heavy atom. The van der Waals surface area contributed by atoms with Gasteiger partial charge < -0.3 is 10.2 Å². The smallest absolute Gasteiger partial charge is 0.270 e. The molecule has 3 aliphatic heterocycles. The third kappa shape index (κ3) is 2.60. The van der Waals surface area contributed by atoms with Gasteiger partial charge in [0.2, 0.25) is 0 Å². The molecule has 2 atom stereocenters. The minimum atomic E-state index is -0.514. The van der Waals surface area contributed by atoms with Crippen LogP contribution >= 0.6 is 11.6 Å². The van der Waals surface area contributed by atoms with E-state index in [1.807, 2.05) is 0 Å². The van der Waals surface area contributed by atoms with E-state index in [-0.39, 0.29) is 22.7 Å². The summed E-state index contributed by atoms with van der Waals surface area (Å²) in [6, 6.07) is 4.19. The Morgan fingerprint density at radius 1 is 1.26 bits per heavy atom. The number of halogens is 1. The molecule has 1 N–H and O–H groups in total. The lowest BCUT2D eigenvalue weighted by Gasteiger charge is -2.55. The summed E-state index contributed by atoms with van der Waals surface area (Å²) in [6.45, 7) is 3.33. The number of carbonyl (C=O) groups excluding carboxylic acids is 1. The van der Waals surface area contributed by atoms with Crippen molar-refractivity contribution in [1.29, 1.82) is 0 Å². The lowest BCUT2D eigenvalue weighted by atomic mass is 9.65. The van der Waals surface area contributed by atoms with Crippen LogP contribution in [0, 0.1) is 27.9 Å². The van der Waals surface area contributed by atoms with Gasteiger partial charge in [-0.3, -0.25) is 14.9 Å². The Kier molecular flexibility index (Phi) is 3.54. The normalized spacial score (nSPS) is 34.4. The first-order valence-corrected chi connectivity index (χ1v) is 8.36. The van der Waals surface area contributed by atoms with Crippen LogP contribution in [-0.4, -0.2) is 41.4 Å². The molecule has 2 unspecified atom stereocenters. The van der Waals surface area contributed by atoms with Crippen molar-refractivity contribution in [3.63, 3.8) is 0 Å². The summed E-state index contributed by atoms with van der Waals surface area (Å²) in [5, 5.41) is 14.0. The van der Waals surface area contributed by atoms with Crippen molar-refractivity contribution >= 4 is 23.2 Å². The van der Waals surface area contributed by atoms with Crippen LogP contribution in [0.3, 0.4) is 0 Å². The first-order chi connectivity index (χ1) is 11.0. The van der Waals surface area contributed by atoms with Gasteiger partial charge in [0.15, 0.2) is 0 Å². The Hall–Kier alpha value is -1.66. The van der Waals surface area contributed by atoms with Crippen LogP contribution in [0.15, 0.2) is 18.2 Å². The highest BCUT2D eigenvalue weighted by Gasteiger charge is 2.47. The summed E-state index contributed by atoms with van der Waals surface area (Å²) >= 11 is 6.06. The van der Waals surface area contributed by atoms with Crippen LogP contribution in [-0.2, 0) is 0 Å². The number of non-ortho nitro benzene ring substituents is 1. The number of benzene rings is 1. The molecule has 4 aliphatic rings. The molecule has 4 fully saturated rings. The van der Waals surface area contributed by atoms with Gasteiger partial charge >= 0.3 is 0 Å². The van der Waals surface area contributed by atoms with E-state index in [0.717, 1.165) is 19.0 Å². The Balaban J connectivity index is 1.51. The largest absolute Gasteiger partial charge is 0.349 e. The van der Waals surface area contributed by atoms with E-state index < -0.39 is 4.92 Å². The molecule has 122 valence electrons. The minimum Gasteiger partial charge on any atom is -0.349 e. The van der Waals surface area contributed by atoms with Gasteiger partial charge in [-0.05, 0) is 36.7 Å². The fourth-order valence-corrected chi connectivity index (χ4v) is 4.94. The molecule has 1 aromatic rings. The molecular formula is C16H18ClN3O3. The second-order valence-corrected chi connectivity index (χ2v) is 7.40. The van der Waals surface area contributed by atoms with Crippen molar-refractivity contribution in [1.82, 2.24) is 10.2 Å². The van der Waals surface area contributed by atoms with Gasteiger partial charge in [0, 0.05) is 37.8 Å². The maximum absolute atomic E-state index is 12.6. The highest BCUT2D eigenvalue weighted by atomic mass is 35.5. The van der Waals surface area contributed by atoms with E-state index in [0.29, 0.717) is 17.4 Å². The third-order valence-corrected chi connectivity index (χ3v) is 5.81. The van der Waals surface area contributed by atoms with Gasteiger partial charge in [-0.2, -0.15) is 0 Å². The molecule has 23 heavy (non-hydrogen) atoms. The number of nitro benzene ring substituents is 1. The second-order valence-electron chi connectivity index (χ2n) is 7.00. The van der Waals surface area contributed by atoms with Gasteiger partial charge in [0.05, 0.1) is 15.5 Å². The molecule has 0 radical (unpaired) electrons. The zero-order valence-corrected chi connectivity index (χ0v) is 13.3. The number of nitro groups is 1. The van der Waals surface area contributed by atoms with Crippen molar-refractivity contribution in [2.24, 2.45) is 17.8 Å². The monoisotopic (exact) mass is 335 g/mol. The van der Waals surface area contributed by atoms with Crippen LogP contribution < -0.4 is 5.32 Å². The highest BCUT2D eigenvalue weighted by Crippen LogP contribution is 2.43. The maximum atomic E-state index is 12.6. The number of rotatable bonds is 3. The van der Waals surface area contributed by atoms with Gasteiger partial charge in [0.1, 0.15) is 0 Å². The first kappa shape index (κ1) is 14.9. The van der Waals surface area contributed by atoms with Crippen LogP contribution in [0.25, 0.3) is 0 Å². The number of nitrogens with one attached hydrogen (secondary N) is 1. The molecule has 3 saturated heterocycles. The lowest BCUT2D eigenvalue weighted by Crippen LogP contribution is -2.64. The average Bonchev–Trinajstić information content (AvgIpc) is 2.49. The Bertz CT molecular complexity index is 651. The van der Waals surface area contributed by atoms with Crippen molar-refractivity contribution in [2.45, 2.75) is 18.9 Å². The number of hydrogen-bond acceptors (Lipinski definition) is 4. The number of carbonyl (C=O) groups is 1. The third-order valence-electron chi connectivity index (χ3n) is 5.50. The van der Waals surface area contributed by atoms with Gasteiger partial charge in [0.25, 0.3) is 11.6 Å². The average molecular weight is 336 g/mol. The summed E-state index contributed by atoms with van der Waals surface area (Å²) in [5.74, 6) is 1.59. The summed E-state index contributed by atoms with van der Waals surface area (Å²) in [5.41, 5.74) is 0.209. The first-order valence-electron chi connectivity index (χ1n) is 7.98. The van der Waals surface area contributed by atoms with Crippen LogP contribution in [0.5, 0.6) is 0 Å². The molecule has 6 nitrogen and oxygen atoms in total. The molecule has 1 saturated carbocycles. The molecule has 1 aliphatic carbocycles. The zero-order chi connectivity index (χ0) is 16.1. The molecule has 3 heterocycles. The molecule has 1 amide bonds. The Labute approximate surface area is 138 Å². The molecule has 5 rings (SSSR count). The second kappa shape index (κ2) is 5.46. The van der Waals surface area contributed by atoms with Crippen molar-refractivity contribution in [2.75, 3.05) is 19.6 Å². The number of nitrogens with zero attached hydrogens (tertiary/aromatic N) is 2. The summed E-state index contributed by atoms with van der Waals surface area (Å²) in [7, 11) is 0. The van der Waals surface area contributed by atoms with Crippen LogP contribution in [0.1, 0.15) is 23.2 Å². The molecular weight excluding hydrogens is 318 g/mol. The van der Waals surface area contributed by atoms with Crippen molar-refractivity contribution < 1.29 is 9.72 Å². The standard InChI is InChI=1S/C16H18ClN3O3/c17-14-5-12(20(22)23)1-2-13(14)16(21)18-15-10-3-9-4-11(15)8-19(6-9)7-10/h1-2,5,9-11,15H,3-4,6-8H2,(H,18,21). The predicted octanol–water partition coefficient (Wildman–Crippen LogP) is 2.32. The van der Waals surface area contributed by atoms with E-state index >= 15 is 0 Å². The van der Waals surface area contributed by atoms with E-state index in [1.165, 1.54) is 37.6 Å². The molecule has 0 aromatic heterocycles. The number of piperidine rings is 3. The van der Waals surface area contributed by atoms with Crippen molar-refractivity contribution in [3.8, 4) is 0 Å². The zero-order valence-electron chi connectivity index (χ0n) is 12.6. The predicted molar refractivity (Wildman–Crippen MR) is 85.5 cm³/mol. The molecule has 7 heteroatoms. The Morgan fingerprint density at radius 3 is 2.52 bits per heavy atom. The maximum Gasteiger partial charge on any atom is 0.270 e. The van der Waals surface area contributed by atoms with Crippen LogP contribution in [0.4, 0.5) is 5.69 Å². The minimum absolute atomic E-state index is 0.103. The molecule has 4 bridgehead atoms. The van der Waals surface area contributed by atoms with E-state index in [1.54, 1.807) is 0 Å². The summed E-state index contributed by atoms with van der Waals surface area (Å²) in [4.78, 5) is 25.3. The van der Waals surface area contributed by atoms with E-state index in [9.17, 15) is 14.9 Å². The van der Waals surface area contributed by atoms with Gasteiger partial charge in [-0.15, -0.1) is 0 Å². The fourth-order valence-electron chi connectivity index (χ4n) is 4.67. The summed E-state index contributed by atoms with van der Waals surface area (Å²) in [6.07, 6.45) is 2.37. The fraction of sp³-hybridized carbons (Fsp3) is 0.562. The van der Waals surface area contributed by atoms with Crippen LogP contribution in [0.2, 0.25) is 5.02 Å². The summed E-state index contributed by atoms with van der Waals surface area (Å²) < 4.78 is 0. The molecule has 0 spiro atoms. The lowest BCUT2D eigenvalue weighted by molar-refractivity contribution is -0.384. The quantitative estimate of drug-likeness (QED) is 0.679. The van der Waals surface area contributed by atoms with Gasteiger partial charge in [-0.25, -0.2) is 0 Å². The number of amides is 1. The van der Waals surface area contributed by atoms with E-state index in [2.05, 4.69) is 10.2 Å².